The number of aromatic nitrogens is 4. The fourth-order valence-electron chi connectivity index (χ4n) is 2.91. The number of carbonyl (C=O) groups is 1. The second-order valence-electron chi connectivity index (χ2n) is 6.32. The zero-order valence-corrected chi connectivity index (χ0v) is 15.9. The number of anilines is 1. The van der Waals surface area contributed by atoms with Crippen LogP contribution in [0, 0.1) is 18.6 Å². The van der Waals surface area contributed by atoms with E-state index in [1.54, 1.807) is 43.3 Å². The van der Waals surface area contributed by atoms with E-state index in [1.165, 1.54) is 11.0 Å². The highest BCUT2D eigenvalue weighted by Gasteiger charge is 2.26. The third kappa shape index (κ3) is 3.36. The molecule has 1 amide bonds. The molecule has 0 saturated heterocycles. The van der Waals surface area contributed by atoms with Crippen LogP contribution in [-0.2, 0) is 13.6 Å². The van der Waals surface area contributed by atoms with Gasteiger partial charge in [-0.3, -0.25) is 19.4 Å². The summed E-state index contributed by atoms with van der Waals surface area (Å²) in [7, 11) is 1.73. The van der Waals surface area contributed by atoms with Crippen molar-refractivity contribution in [1.29, 1.82) is 0 Å². The van der Waals surface area contributed by atoms with Crippen molar-refractivity contribution in [3.05, 3.63) is 71.3 Å². The molecule has 0 bridgehead atoms. The second kappa shape index (κ2) is 7.08. The van der Waals surface area contributed by atoms with Crippen molar-refractivity contribution in [3.8, 4) is 0 Å². The van der Waals surface area contributed by atoms with Crippen LogP contribution in [0.3, 0.4) is 0 Å². The topological polar surface area (TPSA) is 63.9 Å². The van der Waals surface area contributed by atoms with Gasteiger partial charge in [0.05, 0.1) is 11.2 Å². The summed E-state index contributed by atoms with van der Waals surface area (Å²) < 4.78 is 29.6. The Bertz CT molecular complexity index is 1170. The number of nitrogens with zero attached hydrogens (tertiary/aromatic N) is 5. The lowest BCUT2D eigenvalue weighted by Crippen LogP contribution is -2.31. The van der Waals surface area contributed by atoms with Gasteiger partial charge < -0.3 is 0 Å². The molecule has 0 spiro atoms. The van der Waals surface area contributed by atoms with E-state index >= 15 is 0 Å². The first-order chi connectivity index (χ1) is 13.4. The molecule has 3 heterocycles. The molecule has 142 valence electrons. The number of rotatable bonds is 4. The number of hydrogen-bond acceptors (Lipinski definition) is 5. The zero-order chi connectivity index (χ0) is 19.8. The quantitative estimate of drug-likeness (QED) is 0.523. The molecule has 0 atom stereocenters. The molecule has 0 unspecified atom stereocenters. The highest BCUT2D eigenvalue weighted by atomic mass is 32.1. The van der Waals surface area contributed by atoms with E-state index < -0.39 is 11.6 Å². The highest BCUT2D eigenvalue weighted by molar-refractivity contribution is 7.22. The van der Waals surface area contributed by atoms with E-state index in [4.69, 9.17) is 0 Å². The van der Waals surface area contributed by atoms with Gasteiger partial charge in [-0.2, -0.15) is 5.10 Å². The molecule has 0 aliphatic heterocycles. The number of benzene rings is 1. The number of fused-ring (bicyclic) bond motifs is 1. The predicted octanol–water partition coefficient (Wildman–Crippen LogP) is 3.86. The monoisotopic (exact) mass is 399 g/mol. The van der Waals surface area contributed by atoms with E-state index in [0.717, 1.165) is 23.0 Å². The summed E-state index contributed by atoms with van der Waals surface area (Å²) in [5.74, 6) is -1.83. The predicted molar refractivity (Wildman–Crippen MR) is 102 cm³/mol. The fraction of sp³-hybridized carbons (Fsp3) is 0.158. The van der Waals surface area contributed by atoms with Crippen LogP contribution in [0.1, 0.15) is 21.6 Å². The molecular weight excluding hydrogens is 384 g/mol. The van der Waals surface area contributed by atoms with E-state index in [2.05, 4.69) is 15.1 Å². The van der Waals surface area contributed by atoms with Crippen LogP contribution < -0.4 is 4.90 Å². The van der Waals surface area contributed by atoms with Gasteiger partial charge in [0.25, 0.3) is 5.91 Å². The second-order valence-corrected chi connectivity index (χ2v) is 7.33. The lowest BCUT2D eigenvalue weighted by molar-refractivity contribution is 0.0979. The number of thiazole rings is 1. The van der Waals surface area contributed by atoms with Gasteiger partial charge in [-0.25, -0.2) is 13.8 Å². The highest BCUT2D eigenvalue weighted by Crippen LogP contribution is 2.32. The van der Waals surface area contributed by atoms with Crippen molar-refractivity contribution in [2.75, 3.05) is 4.90 Å². The Morgan fingerprint density at radius 2 is 2.14 bits per heavy atom. The van der Waals surface area contributed by atoms with Gasteiger partial charge in [-0.15, -0.1) is 0 Å². The van der Waals surface area contributed by atoms with Crippen molar-refractivity contribution in [2.45, 2.75) is 13.5 Å². The Hall–Kier alpha value is -3.20. The first-order valence-electron chi connectivity index (χ1n) is 8.39. The minimum Gasteiger partial charge on any atom is -0.278 e. The van der Waals surface area contributed by atoms with Gasteiger partial charge in [0.1, 0.15) is 11.3 Å². The van der Waals surface area contributed by atoms with Crippen molar-refractivity contribution >= 4 is 32.6 Å². The number of halogens is 2. The molecule has 9 heteroatoms. The summed E-state index contributed by atoms with van der Waals surface area (Å²) >= 11 is 1.05. The Kier molecular flexibility index (Phi) is 4.60. The molecule has 4 rings (SSSR count). The maximum absolute atomic E-state index is 14.1. The number of pyridine rings is 1. The third-order valence-corrected chi connectivity index (χ3v) is 5.18. The average molecular weight is 399 g/mol. The number of aryl methyl sites for hydroxylation is 2. The maximum atomic E-state index is 14.1. The summed E-state index contributed by atoms with van der Waals surface area (Å²) in [5.41, 5.74) is 1.79. The van der Waals surface area contributed by atoms with Gasteiger partial charge >= 0.3 is 0 Å². The van der Waals surface area contributed by atoms with Gasteiger partial charge in [0.15, 0.2) is 16.6 Å². The van der Waals surface area contributed by atoms with Crippen molar-refractivity contribution in [2.24, 2.45) is 7.05 Å². The van der Waals surface area contributed by atoms with Gasteiger partial charge in [0.2, 0.25) is 0 Å². The maximum Gasteiger partial charge on any atom is 0.281 e. The summed E-state index contributed by atoms with van der Waals surface area (Å²) in [5, 5.41) is 4.50. The molecule has 0 fully saturated rings. The first kappa shape index (κ1) is 18.2. The Balaban J connectivity index is 1.82. The van der Waals surface area contributed by atoms with Crippen LogP contribution in [0.25, 0.3) is 10.2 Å². The molecule has 4 aromatic rings. The largest absolute Gasteiger partial charge is 0.281 e. The number of amides is 1. The van der Waals surface area contributed by atoms with E-state index in [9.17, 15) is 13.6 Å². The minimum absolute atomic E-state index is 0.0307. The SMILES string of the molecule is Cc1cn(C)nc1C(=O)N(Cc1cccnc1)c1nc2c(F)cc(F)cc2s1. The summed E-state index contributed by atoms with van der Waals surface area (Å²) in [6, 6.07) is 5.57. The van der Waals surface area contributed by atoms with Gasteiger partial charge in [-0.05, 0) is 24.6 Å². The molecule has 28 heavy (non-hydrogen) atoms. The molecule has 6 nitrogen and oxygen atoms in total. The minimum atomic E-state index is -0.764. The molecule has 0 aliphatic rings. The average Bonchev–Trinajstić information content (AvgIpc) is 3.22. The van der Waals surface area contributed by atoms with Crippen LogP contribution in [-0.4, -0.2) is 25.7 Å². The Morgan fingerprint density at radius 1 is 1.32 bits per heavy atom. The van der Waals surface area contributed by atoms with Crippen molar-refractivity contribution in [1.82, 2.24) is 19.7 Å². The van der Waals surface area contributed by atoms with Crippen LogP contribution in [0.15, 0.2) is 42.9 Å². The van der Waals surface area contributed by atoms with Crippen LogP contribution in [0.2, 0.25) is 0 Å². The lowest BCUT2D eigenvalue weighted by Gasteiger charge is -2.19. The summed E-state index contributed by atoms with van der Waals surface area (Å²) in [6.45, 7) is 1.96. The third-order valence-electron chi connectivity index (χ3n) is 4.16. The molecule has 0 radical (unpaired) electrons. The lowest BCUT2D eigenvalue weighted by atomic mass is 10.2. The zero-order valence-electron chi connectivity index (χ0n) is 15.1. The van der Waals surface area contributed by atoms with E-state index in [-0.39, 0.29) is 28.8 Å². The first-order valence-corrected chi connectivity index (χ1v) is 9.20. The van der Waals surface area contributed by atoms with Crippen LogP contribution in [0.4, 0.5) is 13.9 Å². The molecule has 1 aromatic carbocycles. The Morgan fingerprint density at radius 3 is 2.82 bits per heavy atom. The molecule has 0 N–H and O–H groups in total. The Labute approximate surface area is 163 Å². The fourth-order valence-corrected chi connectivity index (χ4v) is 3.91. The summed E-state index contributed by atoms with van der Waals surface area (Å²) in [4.78, 5) is 23.0. The number of carbonyl (C=O) groups excluding carboxylic acids is 1. The summed E-state index contributed by atoms with van der Waals surface area (Å²) in [6.07, 6.45) is 5.01. The van der Waals surface area contributed by atoms with Gasteiger partial charge in [-0.1, -0.05) is 17.4 Å². The smallest absolute Gasteiger partial charge is 0.278 e. The van der Waals surface area contributed by atoms with Crippen molar-refractivity contribution < 1.29 is 13.6 Å². The molecule has 0 saturated carbocycles. The standard InChI is InChI=1S/C19H15F2N5OS/c1-11-9-25(2)24-16(11)18(27)26(10-12-4-3-5-22-8-12)19-23-17-14(21)6-13(20)7-15(17)28-19/h3-9H,10H2,1-2H3. The normalized spacial score (nSPS) is 11.1. The molecule has 0 aliphatic carbocycles. The van der Waals surface area contributed by atoms with E-state index in [0.29, 0.717) is 10.3 Å². The molecule has 3 aromatic heterocycles. The van der Waals surface area contributed by atoms with Crippen LogP contribution >= 0.6 is 11.3 Å². The number of hydrogen-bond donors (Lipinski definition) is 0. The van der Waals surface area contributed by atoms with E-state index in [1.807, 2.05) is 6.07 Å². The van der Waals surface area contributed by atoms with Gasteiger partial charge in [0, 0.05) is 37.3 Å². The van der Waals surface area contributed by atoms with Crippen LogP contribution in [0.5, 0.6) is 0 Å². The van der Waals surface area contributed by atoms with Crippen molar-refractivity contribution in [3.63, 3.8) is 0 Å². The molecular formula is C19H15F2N5OS.